The number of amides is 4. The molecule has 4 amide bonds. The number of hydrogen-bond donors (Lipinski definition) is 3. The summed E-state index contributed by atoms with van der Waals surface area (Å²) in [5, 5.41) is 21.7. The Bertz CT molecular complexity index is 1860. The lowest BCUT2D eigenvalue weighted by Crippen LogP contribution is -2.63. The van der Waals surface area contributed by atoms with Crippen molar-refractivity contribution in [3.63, 3.8) is 0 Å². The fraction of sp³-hybridized carbons (Fsp3) is 0.600. The van der Waals surface area contributed by atoms with Crippen molar-refractivity contribution in [2.24, 2.45) is 16.6 Å². The van der Waals surface area contributed by atoms with Crippen molar-refractivity contribution in [3.05, 3.63) is 41.7 Å². The molecule has 0 radical (unpaired) electrons. The van der Waals surface area contributed by atoms with E-state index in [1.807, 2.05) is 0 Å². The quantitative estimate of drug-likeness (QED) is 0.203. The van der Waals surface area contributed by atoms with Crippen LogP contribution in [0.4, 0.5) is 0 Å². The average molecular weight is 757 g/mol. The maximum Gasteiger partial charge on any atom is 0.287 e. The molecule has 18 heteroatoms. The number of ketones is 1. The van der Waals surface area contributed by atoms with Gasteiger partial charge >= 0.3 is 0 Å². The van der Waals surface area contributed by atoms with E-state index in [4.69, 9.17) is 10.5 Å². The lowest BCUT2D eigenvalue weighted by molar-refractivity contribution is -0.146. The molecule has 2 saturated heterocycles. The van der Waals surface area contributed by atoms with Gasteiger partial charge in [0.05, 0.1) is 22.8 Å². The number of sulfonamides is 1. The third kappa shape index (κ3) is 8.71. The van der Waals surface area contributed by atoms with Gasteiger partial charge in [0.2, 0.25) is 21.7 Å². The summed E-state index contributed by atoms with van der Waals surface area (Å²) in [6.07, 6.45) is 6.12. The van der Waals surface area contributed by atoms with Gasteiger partial charge in [0.1, 0.15) is 22.9 Å². The Hall–Kier alpha value is -4.39. The van der Waals surface area contributed by atoms with Crippen LogP contribution < -0.4 is 11.1 Å². The summed E-state index contributed by atoms with van der Waals surface area (Å²) >= 11 is 0. The minimum Gasteiger partial charge on any atom is -0.384 e. The molecule has 1 aromatic heterocycles. The number of benzene rings is 1. The summed E-state index contributed by atoms with van der Waals surface area (Å²) in [6, 6.07) is 3.38. The van der Waals surface area contributed by atoms with Gasteiger partial charge in [0.15, 0.2) is 0 Å². The summed E-state index contributed by atoms with van der Waals surface area (Å²) in [4.78, 5) is 73.4. The Balaban J connectivity index is 1.52. The van der Waals surface area contributed by atoms with Crippen LogP contribution in [0.1, 0.15) is 93.7 Å². The molecule has 3 aliphatic rings. The van der Waals surface area contributed by atoms with Crippen LogP contribution in [0, 0.1) is 5.92 Å². The topological polar surface area (TPSA) is 237 Å². The van der Waals surface area contributed by atoms with Gasteiger partial charge in [0, 0.05) is 58.7 Å². The number of nitrogens with zero attached hydrogens (tertiary/aromatic N) is 6. The predicted molar refractivity (Wildman–Crippen MR) is 190 cm³/mol. The second-order valence-electron chi connectivity index (χ2n) is 14.7. The molecule has 2 aliphatic heterocycles. The molecule has 1 saturated carbocycles. The number of likely N-dealkylation sites (tertiary alicyclic amines) is 1. The molecule has 0 bridgehead atoms. The Morgan fingerprint density at radius 2 is 1.72 bits per heavy atom. The molecule has 4 N–H and O–H groups in total. The SMILES string of the molecule is CN(C)S(=O)(=O)c1ccc(C(=O)N=C(CC2CCCCC2)C(=O)N2C[C@@H](n3nncc3C(C)(C)O)C[C@H]2C(=O)NC2(C(=O)C(N)=O)CCOCC2)cc1. The van der Waals surface area contributed by atoms with E-state index < -0.39 is 62.7 Å². The van der Waals surface area contributed by atoms with Crippen LogP contribution in [0.3, 0.4) is 0 Å². The monoisotopic (exact) mass is 756 g/mol. The van der Waals surface area contributed by atoms with E-state index in [0.717, 1.165) is 36.4 Å². The van der Waals surface area contributed by atoms with E-state index >= 15 is 0 Å². The standard InChI is InChI=1S/C35H48N8O9S/c1-34(2,49)28-20-37-40-43(28)24-19-27(32(47)39-35(29(44)30(36)45)14-16-52-17-15-35)42(21-24)33(48)26(18-22-8-6-5-7-9-22)38-31(46)23-10-12-25(13-11-23)53(50,51)41(3)4/h10-13,20,22,24,27,49H,5-9,14-19,21H2,1-4H3,(H2,36,45)(H,39,47)/t24-,27-/m0/s1. The molecular formula is C35H48N8O9S. The summed E-state index contributed by atoms with van der Waals surface area (Å²) < 4.78 is 33.1. The van der Waals surface area contributed by atoms with Gasteiger partial charge in [-0.05, 0) is 50.5 Å². The summed E-state index contributed by atoms with van der Waals surface area (Å²) in [5.74, 6) is -4.29. The van der Waals surface area contributed by atoms with E-state index in [0.29, 0.717) is 5.69 Å². The Labute approximate surface area is 308 Å². The first-order chi connectivity index (χ1) is 24.9. The van der Waals surface area contributed by atoms with Crippen LogP contribution in [0.25, 0.3) is 0 Å². The number of hydrogen-bond acceptors (Lipinski definition) is 11. The molecule has 3 heterocycles. The van der Waals surface area contributed by atoms with E-state index in [1.165, 1.54) is 54.1 Å². The second kappa shape index (κ2) is 15.9. The average Bonchev–Trinajstić information content (AvgIpc) is 3.80. The van der Waals surface area contributed by atoms with Crippen LogP contribution >= 0.6 is 0 Å². The molecular weight excluding hydrogens is 708 g/mol. The van der Waals surface area contributed by atoms with Gasteiger partial charge in [-0.15, -0.1) is 5.10 Å². The first-order valence-electron chi connectivity index (χ1n) is 17.8. The van der Waals surface area contributed by atoms with Crippen LogP contribution in [0.2, 0.25) is 0 Å². The largest absolute Gasteiger partial charge is 0.384 e. The fourth-order valence-electron chi connectivity index (χ4n) is 7.28. The minimum atomic E-state index is -3.76. The second-order valence-corrected chi connectivity index (χ2v) is 16.9. The lowest BCUT2D eigenvalue weighted by atomic mass is 9.84. The smallest absolute Gasteiger partial charge is 0.287 e. The van der Waals surface area contributed by atoms with Crippen molar-refractivity contribution >= 4 is 45.1 Å². The Morgan fingerprint density at radius 1 is 1.08 bits per heavy atom. The van der Waals surface area contributed by atoms with Crippen LogP contribution in [0.15, 0.2) is 40.4 Å². The van der Waals surface area contributed by atoms with Crippen LogP contribution in [-0.4, -0.2) is 118 Å². The predicted octanol–water partition coefficient (Wildman–Crippen LogP) is 0.869. The number of nitrogens with one attached hydrogen (secondary N) is 1. The van der Waals surface area contributed by atoms with Gasteiger partial charge in [0.25, 0.3) is 17.7 Å². The van der Waals surface area contributed by atoms with Crippen molar-refractivity contribution in [1.29, 1.82) is 0 Å². The molecule has 5 rings (SSSR count). The number of aliphatic imine (C=N–C) groups is 1. The normalized spacial score (nSPS) is 21.4. The number of ether oxygens (including phenoxy) is 1. The van der Waals surface area contributed by atoms with Crippen LogP contribution in [0.5, 0.6) is 0 Å². The van der Waals surface area contributed by atoms with E-state index in [1.54, 1.807) is 13.8 Å². The molecule has 0 spiro atoms. The highest BCUT2D eigenvalue weighted by atomic mass is 32.2. The zero-order valence-corrected chi connectivity index (χ0v) is 31.3. The van der Waals surface area contributed by atoms with E-state index in [2.05, 4.69) is 20.6 Å². The number of nitrogens with two attached hydrogens (primary N) is 1. The number of carbonyl (C=O) groups excluding carboxylic acids is 5. The van der Waals surface area contributed by atoms with Gasteiger partial charge in [-0.25, -0.2) is 22.4 Å². The molecule has 2 atom stereocenters. The third-order valence-corrected chi connectivity index (χ3v) is 12.2. The van der Waals surface area contributed by atoms with Gasteiger partial charge < -0.3 is 25.8 Å². The zero-order chi connectivity index (χ0) is 38.7. The number of primary amides is 1. The number of aromatic nitrogens is 3. The van der Waals surface area contributed by atoms with Crippen molar-refractivity contribution in [3.8, 4) is 0 Å². The highest BCUT2D eigenvalue weighted by Gasteiger charge is 2.49. The van der Waals surface area contributed by atoms with Crippen molar-refractivity contribution in [2.75, 3.05) is 33.9 Å². The van der Waals surface area contributed by atoms with Gasteiger partial charge in [-0.3, -0.25) is 24.0 Å². The Morgan fingerprint density at radius 3 is 2.30 bits per heavy atom. The maximum atomic E-state index is 14.7. The molecule has 0 unspecified atom stereocenters. The minimum absolute atomic E-state index is 0.00589. The molecule has 2 aromatic rings. The van der Waals surface area contributed by atoms with Crippen LogP contribution in [-0.2, 0) is 39.5 Å². The fourth-order valence-corrected chi connectivity index (χ4v) is 8.18. The first-order valence-corrected chi connectivity index (χ1v) is 19.2. The summed E-state index contributed by atoms with van der Waals surface area (Å²) in [7, 11) is -0.967. The number of Topliss-reactive ketones (excluding diaryl/α,β-unsaturated/α-hetero) is 1. The first kappa shape index (κ1) is 39.8. The third-order valence-electron chi connectivity index (χ3n) is 10.3. The van der Waals surface area contributed by atoms with Gasteiger partial charge in [-0.2, -0.15) is 0 Å². The molecule has 288 valence electrons. The van der Waals surface area contributed by atoms with Crippen molar-refractivity contribution in [1.82, 2.24) is 29.5 Å². The van der Waals surface area contributed by atoms with E-state index in [9.17, 15) is 37.5 Å². The highest BCUT2D eigenvalue weighted by molar-refractivity contribution is 7.89. The van der Waals surface area contributed by atoms with E-state index in [-0.39, 0.29) is 67.5 Å². The van der Waals surface area contributed by atoms with Crippen molar-refractivity contribution in [2.45, 2.75) is 99.8 Å². The maximum absolute atomic E-state index is 14.7. The lowest BCUT2D eigenvalue weighted by Gasteiger charge is -2.37. The number of carbonyl (C=O) groups is 5. The Kier molecular flexibility index (Phi) is 12.0. The summed E-state index contributed by atoms with van der Waals surface area (Å²) in [6.45, 7) is 3.20. The molecule has 1 aliphatic carbocycles. The molecule has 17 nitrogen and oxygen atoms in total. The number of aliphatic hydroxyl groups is 1. The zero-order valence-electron chi connectivity index (χ0n) is 30.5. The molecule has 3 fully saturated rings. The molecule has 53 heavy (non-hydrogen) atoms. The number of rotatable bonds is 12. The van der Waals surface area contributed by atoms with Crippen molar-refractivity contribution < 1.29 is 42.2 Å². The summed E-state index contributed by atoms with van der Waals surface area (Å²) in [5.41, 5.74) is 2.72. The van der Waals surface area contributed by atoms with Gasteiger partial charge in [-0.1, -0.05) is 37.3 Å². The molecule has 1 aromatic carbocycles. The highest BCUT2D eigenvalue weighted by Crippen LogP contribution is 2.34.